The molecule has 1 aliphatic rings. The van der Waals surface area contributed by atoms with Crippen LogP contribution in [0.3, 0.4) is 0 Å². The van der Waals surface area contributed by atoms with E-state index in [0.717, 1.165) is 19.4 Å². The maximum atomic E-state index is 10.9. The second-order valence-corrected chi connectivity index (χ2v) is 4.56. The highest BCUT2D eigenvalue weighted by molar-refractivity contribution is 5.73. The SMILES string of the molecule is CC(C)CC(NCC1CCCO1)C(=O)O. The Balaban J connectivity index is 2.27. The van der Waals surface area contributed by atoms with E-state index in [1.54, 1.807) is 0 Å². The first-order valence-electron chi connectivity index (χ1n) is 5.67. The zero-order valence-corrected chi connectivity index (χ0v) is 9.53. The van der Waals surface area contributed by atoms with E-state index in [0.29, 0.717) is 18.9 Å². The lowest BCUT2D eigenvalue weighted by Crippen LogP contribution is -2.41. The molecule has 0 spiro atoms. The molecule has 88 valence electrons. The molecule has 0 bridgehead atoms. The van der Waals surface area contributed by atoms with E-state index in [9.17, 15) is 4.79 Å². The number of nitrogens with one attached hydrogen (secondary N) is 1. The van der Waals surface area contributed by atoms with E-state index in [1.807, 2.05) is 13.8 Å². The first-order chi connectivity index (χ1) is 7.09. The van der Waals surface area contributed by atoms with Crippen LogP contribution in [-0.4, -0.2) is 36.4 Å². The molecule has 1 aliphatic heterocycles. The molecule has 15 heavy (non-hydrogen) atoms. The number of hydrogen-bond acceptors (Lipinski definition) is 3. The van der Waals surface area contributed by atoms with Crippen LogP contribution in [0.1, 0.15) is 33.1 Å². The number of carbonyl (C=O) groups is 1. The Hall–Kier alpha value is -0.610. The fourth-order valence-electron chi connectivity index (χ4n) is 1.82. The molecule has 1 fully saturated rings. The van der Waals surface area contributed by atoms with E-state index in [2.05, 4.69) is 5.32 Å². The highest BCUT2D eigenvalue weighted by Gasteiger charge is 2.21. The predicted octanol–water partition coefficient (Wildman–Crippen LogP) is 1.25. The highest BCUT2D eigenvalue weighted by atomic mass is 16.5. The van der Waals surface area contributed by atoms with Crippen LogP contribution in [0.4, 0.5) is 0 Å². The van der Waals surface area contributed by atoms with Crippen molar-refractivity contribution in [3.8, 4) is 0 Å². The summed E-state index contributed by atoms with van der Waals surface area (Å²) in [6, 6.07) is -0.436. The highest BCUT2D eigenvalue weighted by Crippen LogP contribution is 2.12. The summed E-state index contributed by atoms with van der Waals surface area (Å²) in [6.07, 6.45) is 3.01. The summed E-state index contributed by atoms with van der Waals surface area (Å²) < 4.78 is 5.43. The minimum absolute atomic E-state index is 0.207. The quantitative estimate of drug-likeness (QED) is 0.700. The van der Waals surface area contributed by atoms with Crippen LogP contribution in [0.15, 0.2) is 0 Å². The molecular formula is C11H21NO3. The van der Waals surface area contributed by atoms with Gasteiger partial charge in [0.15, 0.2) is 0 Å². The number of aliphatic carboxylic acids is 1. The lowest BCUT2D eigenvalue weighted by molar-refractivity contribution is -0.140. The van der Waals surface area contributed by atoms with Crippen molar-refractivity contribution < 1.29 is 14.6 Å². The summed E-state index contributed by atoms with van der Waals surface area (Å²) >= 11 is 0. The normalized spacial score (nSPS) is 23.3. The smallest absolute Gasteiger partial charge is 0.320 e. The first-order valence-corrected chi connectivity index (χ1v) is 5.67. The number of ether oxygens (including phenoxy) is 1. The van der Waals surface area contributed by atoms with Crippen molar-refractivity contribution in [3.63, 3.8) is 0 Å². The predicted molar refractivity (Wildman–Crippen MR) is 57.9 cm³/mol. The number of hydrogen-bond donors (Lipinski definition) is 2. The summed E-state index contributed by atoms with van der Waals surface area (Å²) in [5, 5.41) is 12.1. The Morgan fingerprint density at radius 1 is 1.60 bits per heavy atom. The number of carboxylic acids is 1. The molecule has 0 aliphatic carbocycles. The topological polar surface area (TPSA) is 58.6 Å². The van der Waals surface area contributed by atoms with Gasteiger partial charge >= 0.3 is 5.97 Å². The lowest BCUT2D eigenvalue weighted by atomic mass is 10.0. The van der Waals surface area contributed by atoms with Crippen LogP contribution < -0.4 is 5.32 Å². The maximum Gasteiger partial charge on any atom is 0.320 e. The zero-order chi connectivity index (χ0) is 11.3. The maximum absolute atomic E-state index is 10.9. The molecule has 2 N–H and O–H groups in total. The molecule has 0 aromatic rings. The van der Waals surface area contributed by atoms with Gasteiger partial charge in [0, 0.05) is 13.2 Å². The van der Waals surface area contributed by atoms with Gasteiger partial charge in [-0.25, -0.2) is 0 Å². The Bertz CT molecular complexity index is 200. The van der Waals surface area contributed by atoms with Gasteiger partial charge < -0.3 is 15.2 Å². The third-order valence-electron chi connectivity index (χ3n) is 2.62. The Morgan fingerprint density at radius 2 is 2.33 bits per heavy atom. The van der Waals surface area contributed by atoms with Crippen LogP contribution in [0.2, 0.25) is 0 Å². The van der Waals surface area contributed by atoms with Crippen LogP contribution in [0.25, 0.3) is 0 Å². The molecule has 0 saturated carbocycles. The van der Waals surface area contributed by atoms with Gasteiger partial charge in [-0.1, -0.05) is 13.8 Å². The molecular weight excluding hydrogens is 194 g/mol. The lowest BCUT2D eigenvalue weighted by Gasteiger charge is -2.18. The van der Waals surface area contributed by atoms with E-state index >= 15 is 0 Å². The van der Waals surface area contributed by atoms with Crippen LogP contribution in [0, 0.1) is 5.92 Å². The molecule has 0 aromatic carbocycles. The van der Waals surface area contributed by atoms with Gasteiger partial charge in [-0.05, 0) is 25.2 Å². The molecule has 0 amide bonds. The third-order valence-corrected chi connectivity index (χ3v) is 2.62. The number of rotatable bonds is 6. The molecule has 1 rings (SSSR count). The second-order valence-electron chi connectivity index (χ2n) is 4.56. The molecule has 0 radical (unpaired) electrons. The van der Waals surface area contributed by atoms with Crippen LogP contribution in [-0.2, 0) is 9.53 Å². The fourth-order valence-corrected chi connectivity index (χ4v) is 1.82. The fraction of sp³-hybridized carbons (Fsp3) is 0.909. The molecule has 4 heteroatoms. The van der Waals surface area contributed by atoms with Crippen LogP contribution in [0.5, 0.6) is 0 Å². The van der Waals surface area contributed by atoms with Gasteiger partial charge in [-0.2, -0.15) is 0 Å². The summed E-state index contributed by atoms with van der Waals surface area (Å²) in [5.74, 6) is -0.371. The summed E-state index contributed by atoms with van der Waals surface area (Å²) in [4.78, 5) is 10.9. The Kier molecular flexibility index (Phi) is 5.05. The van der Waals surface area contributed by atoms with Crippen LogP contribution >= 0.6 is 0 Å². The largest absolute Gasteiger partial charge is 0.480 e. The van der Waals surface area contributed by atoms with Crippen molar-refractivity contribution in [2.75, 3.05) is 13.2 Å². The van der Waals surface area contributed by atoms with Gasteiger partial charge in [-0.15, -0.1) is 0 Å². The number of carboxylic acid groups (broad SMARTS) is 1. The first kappa shape index (κ1) is 12.5. The molecule has 0 aromatic heterocycles. The van der Waals surface area contributed by atoms with Crippen molar-refractivity contribution >= 4 is 5.97 Å². The molecule has 2 atom stereocenters. The van der Waals surface area contributed by atoms with E-state index in [1.165, 1.54) is 0 Å². The van der Waals surface area contributed by atoms with Gasteiger partial charge in [0.25, 0.3) is 0 Å². The monoisotopic (exact) mass is 215 g/mol. The van der Waals surface area contributed by atoms with Crippen molar-refractivity contribution in [3.05, 3.63) is 0 Å². The molecule has 2 unspecified atom stereocenters. The minimum Gasteiger partial charge on any atom is -0.480 e. The molecule has 1 heterocycles. The molecule has 1 saturated heterocycles. The van der Waals surface area contributed by atoms with Gasteiger partial charge in [0.05, 0.1) is 6.10 Å². The minimum atomic E-state index is -0.762. The summed E-state index contributed by atoms with van der Waals surface area (Å²) in [6.45, 7) is 5.53. The zero-order valence-electron chi connectivity index (χ0n) is 9.53. The van der Waals surface area contributed by atoms with Gasteiger partial charge in [0.1, 0.15) is 6.04 Å². The van der Waals surface area contributed by atoms with E-state index in [4.69, 9.17) is 9.84 Å². The molecule has 4 nitrogen and oxygen atoms in total. The van der Waals surface area contributed by atoms with E-state index < -0.39 is 12.0 Å². The average molecular weight is 215 g/mol. The van der Waals surface area contributed by atoms with Crippen molar-refractivity contribution in [2.24, 2.45) is 5.92 Å². The third kappa shape index (κ3) is 4.62. The Labute approximate surface area is 91.0 Å². The summed E-state index contributed by atoms with van der Waals surface area (Å²) in [5.41, 5.74) is 0. The van der Waals surface area contributed by atoms with Crippen molar-refractivity contribution in [2.45, 2.75) is 45.3 Å². The van der Waals surface area contributed by atoms with Crippen molar-refractivity contribution in [1.82, 2.24) is 5.32 Å². The van der Waals surface area contributed by atoms with Gasteiger partial charge in [0.2, 0.25) is 0 Å². The van der Waals surface area contributed by atoms with E-state index in [-0.39, 0.29) is 6.10 Å². The summed E-state index contributed by atoms with van der Waals surface area (Å²) in [7, 11) is 0. The Morgan fingerprint density at radius 3 is 2.80 bits per heavy atom. The van der Waals surface area contributed by atoms with Crippen molar-refractivity contribution in [1.29, 1.82) is 0 Å². The second kappa shape index (κ2) is 6.08. The average Bonchev–Trinajstić information content (AvgIpc) is 2.63. The standard InChI is InChI=1S/C11H21NO3/c1-8(2)6-10(11(13)14)12-7-9-4-3-5-15-9/h8-10,12H,3-7H2,1-2H3,(H,13,14). The van der Waals surface area contributed by atoms with Gasteiger partial charge in [-0.3, -0.25) is 4.79 Å².